The lowest BCUT2D eigenvalue weighted by Crippen LogP contribution is -2.57. The number of amides is 3. The quantitative estimate of drug-likeness (QED) is 0.406. The summed E-state index contributed by atoms with van der Waals surface area (Å²) in [5.41, 5.74) is -0.409. The Balaban J connectivity index is 1.42. The molecule has 3 N–H and O–H groups in total. The molecule has 3 saturated heterocycles. The second kappa shape index (κ2) is 10.0. The van der Waals surface area contributed by atoms with Crippen molar-refractivity contribution in [2.24, 2.45) is 11.8 Å². The fraction of sp³-hybridized carbons (Fsp3) is 0.406. The summed E-state index contributed by atoms with van der Waals surface area (Å²) in [6.07, 6.45) is 2.00. The number of aliphatic hydroxyl groups is 1. The number of benzene rings is 3. The van der Waals surface area contributed by atoms with Crippen LogP contribution in [0.4, 0.5) is 5.69 Å². The van der Waals surface area contributed by atoms with Crippen molar-refractivity contribution in [2.45, 2.75) is 55.9 Å². The molecular weight excluding hydrogens is 506 g/mol. The SMILES string of the molecule is CC[C@@]12CCC3(O1)C(C(=O)Nc1ccc4ccccc4c1)N([C@@H](CO)Cc1ccccc1)C(=O)[C@@H]3[C@@H]2C(=O)NC. The van der Waals surface area contributed by atoms with Crippen molar-refractivity contribution in [3.05, 3.63) is 78.4 Å². The van der Waals surface area contributed by atoms with Gasteiger partial charge in [-0.1, -0.05) is 67.6 Å². The van der Waals surface area contributed by atoms with Gasteiger partial charge in [-0.15, -0.1) is 0 Å². The van der Waals surface area contributed by atoms with Crippen LogP contribution in [0.3, 0.4) is 0 Å². The first kappa shape index (κ1) is 26.5. The van der Waals surface area contributed by atoms with Crippen LogP contribution in [-0.2, 0) is 25.5 Å². The Labute approximate surface area is 233 Å². The van der Waals surface area contributed by atoms with Crippen LogP contribution in [0, 0.1) is 11.8 Å². The van der Waals surface area contributed by atoms with E-state index in [2.05, 4.69) is 10.6 Å². The molecule has 0 radical (unpaired) electrons. The molecule has 0 saturated carbocycles. The van der Waals surface area contributed by atoms with Crippen molar-refractivity contribution in [3.8, 4) is 0 Å². The Morgan fingerprint density at radius 3 is 2.45 bits per heavy atom. The van der Waals surface area contributed by atoms with Crippen LogP contribution in [0.5, 0.6) is 0 Å². The van der Waals surface area contributed by atoms with E-state index < -0.39 is 35.1 Å². The molecule has 2 unspecified atom stereocenters. The lowest BCUT2D eigenvalue weighted by Gasteiger charge is -2.37. The van der Waals surface area contributed by atoms with Gasteiger partial charge in [-0.2, -0.15) is 0 Å². The number of ether oxygens (including phenoxy) is 1. The van der Waals surface area contributed by atoms with Crippen LogP contribution in [0.25, 0.3) is 10.8 Å². The summed E-state index contributed by atoms with van der Waals surface area (Å²) >= 11 is 0. The van der Waals surface area contributed by atoms with Crippen molar-refractivity contribution < 1.29 is 24.2 Å². The van der Waals surface area contributed by atoms with Gasteiger partial charge in [0.1, 0.15) is 11.6 Å². The molecule has 3 fully saturated rings. The van der Waals surface area contributed by atoms with Gasteiger partial charge in [0, 0.05) is 12.7 Å². The van der Waals surface area contributed by atoms with E-state index in [-0.39, 0.29) is 24.3 Å². The molecule has 208 valence electrons. The first-order valence-electron chi connectivity index (χ1n) is 14.1. The lowest BCUT2D eigenvalue weighted by atomic mass is 9.65. The summed E-state index contributed by atoms with van der Waals surface area (Å²) in [4.78, 5) is 43.4. The number of hydrogen-bond donors (Lipinski definition) is 3. The molecule has 6 rings (SSSR count). The van der Waals surface area contributed by atoms with Gasteiger partial charge in [0.15, 0.2) is 0 Å². The molecule has 3 aliphatic heterocycles. The maximum absolute atomic E-state index is 14.4. The number of likely N-dealkylation sites (tertiary alicyclic amines) is 1. The average Bonchev–Trinajstić information content (AvgIpc) is 3.59. The van der Waals surface area contributed by atoms with Gasteiger partial charge in [0.05, 0.1) is 30.1 Å². The van der Waals surface area contributed by atoms with E-state index >= 15 is 0 Å². The molecule has 40 heavy (non-hydrogen) atoms. The highest BCUT2D eigenvalue weighted by atomic mass is 16.5. The van der Waals surface area contributed by atoms with Crippen LogP contribution in [0.2, 0.25) is 0 Å². The number of anilines is 1. The fourth-order valence-corrected chi connectivity index (χ4v) is 7.52. The van der Waals surface area contributed by atoms with Crippen molar-refractivity contribution in [3.63, 3.8) is 0 Å². The number of carbonyl (C=O) groups is 3. The minimum atomic E-state index is -1.16. The van der Waals surface area contributed by atoms with Crippen LogP contribution < -0.4 is 10.6 Å². The largest absolute Gasteiger partial charge is 0.394 e. The van der Waals surface area contributed by atoms with Crippen molar-refractivity contribution >= 4 is 34.2 Å². The number of aliphatic hydroxyl groups excluding tert-OH is 1. The van der Waals surface area contributed by atoms with Crippen molar-refractivity contribution in [1.82, 2.24) is 10.2 Å². The van der Waals surface area contributed by atoms with Gasteiger partial charge in [-0.3, -0.25) is 14.4 Å². The molecule has 1 spiro atoms. The van der Waals surface area contributed by atoms with Gasteiger partial charge in [0.25, 0.3) is 0 Å². The summed E-state index contributed by atoms with van der Waals surface area (Å²) in [5.74, 6) is -2.44. The Morgan fingerprint density at radius 2 is 1.75 bits per heavy atom. The van der Waals surface area contributed by atoms with E-state index in [1.54, 1.807) is 7.05 Å². The maximum atomic E-state index is 14.4. The molecule has 8 nitrogen and oxygen atoms in total. The fourth-order valence-electron chi connectivity index (χ4n) is 7.52. The predicted octanol–water partition coefficient (Wildman–Crippen LogP) is 3.28. The maximum Gasteiger partial charge on any atom is 0.250 e. The number of hydrogen-bond acceptors (Lipinski definition) is 5. The van der Waals surface area contributed by atoms with E-state index in [1.165, 1.54) is 4.90 Å². The lowest BCUT2D eigenvalue weighted by molar-refractivity contribution is -0.149. The first-order chi connectivity index (χ1) is 19.4. The monoisotopic (exact) mass is 541 g/mol. The number of rotatable bonds is 8. The molecular formula is C32H35N3O5. The molecule has 2 bridgehead atoms. The minimum Gasteiger partial charge on any atom is -0.394 e. The Bertz CT molecular complexity index is 1460. The molecule has 0 aliphatic carbocycles. The minimum absolute atomic E-state index is 0.249. The predicted molar refractivity (Wildman–Crippen MR) is 151 cm³/mol. The van der Waals surface area contributed by atoms with Gasteiger partial charge in [0.2, 0.25) is 17.7 Å². The van der Waals surface area contributed by atoms with E-state index in [9.17, 15) is 19.5 Å². The standard InChI is InChI=1S/C32H35N3O5/c1-3-31-15-16-32(40-31)26(25(31)28(37)33-2)30(39)35(24(19-36)17-20-9-5-4-6-10-20)27(32)29(38)34-23-14-13-21-11-7-8-12-22(21)18-23/h4-14,18,24-27,36H,3,15-17,19H2,1-2H3,(H,33,37)(H,34,38)/t24-,25-,26+,27?,31+,32?/m1/s1. The smallest absolute Gasteiger partial charge is 0.250 e. The highest BCUT2D eigenvalue weighted by Crippen LogP contribution is 2.64. The summed E-state index contributed by atoms with van der Waals surface area (Å²) in [6, 6.07) is 21.5. The topological polar surface area (TPSA) is 108 Å². The summed E-state index contributed by atoms with van der Waals surface area (Å²) < 4.78 is 6.78. The van der Waals surface area contributed by atoms with Crippen molar-refractivity contribution in [2.75, 3.05) is 19.0 Å². The molecule has 8 heteroatoms. The molecule has 6 atom stereocenters. The molecule has 3 heterocycles. The molecule has 3 aromatic rings. The van der Waals surface area contributed by atoms with E-state index in [0.717, 1.165) is 16.3 Å². The zero-order valence-corrected chi connectivity index (χ0v) is 22.8. The third-order valence-electron chi connectivity index (χ3n) is 9.33. The van der Waals surface area contributed by atoms with Gasteiger partial charge in [-0.05, 0) is 54.2 Å². The van der Waals surface area contributed by atoms with Gasteiger partial charge < -0.3 is 25.4 Å². The number of nitrogens with zero attached hydrogens (tertiary/aromatic N) is 1. The van der Waals surface area contributed by atoms with E-state index in [4.69, 9.17) is 4.74 Å². The second-order valence-electron chi connectivity index (χ2n) is 11.3. The van der Waals surface area contributed by atoms with Gasteiger partial charge in [-0.25, -0.2) is 0 Å². The van der Waals surface area contributed by atoms with Crippen LogP contribution in [0.15, 0.2) is 72.8 Å². The summed E-state index contributed by atoms with van der Waals surface area (Å²) in [6.45, 7) is 1.64. The van der Waals surface area contributed by atoms with Crippen LogP contribution >= 0.6 is 0 Å². The van der Waals surface area contributed by atoms with E-state index in [0.29, 0.717) is 31.4 Å². The van der Waals surface area contributed by atoms with Crippen molar-refractivity contribution in [1.29, 1.82) is 0 Å². The highest BCUT2D eigenvalue weighted by molar-refractivity contribution is 6.04. The number of nitrogens with one attached hydrogen (secondary N) is 2. The van der Waals surface area contributed by atoms with Gasteiger partial charge >= 0.3 is 0 Å². The third-order valence-corrected chi connectivity index (χ3v) is 9.33. The highest BCUT2D eigenvalue weighted by Gasteiger charge is 2.79. The number of fused-ring (bicyclic) bond motifs is 2. The average molecular weight is 542 g/mol. The first-order valence-corrected chi connectivity index (χ1v) is 14.1. The normalized spacial score (nSPS) is 29.4. The zero-order valence-electron chi connectivity index (χ0n) is 22.8. The van der Waals surface area contributed by atoms with E-state index in [1.807, 2.05) is 79.7 Å². The Morgan fingerprint density at radius 1 is 1.02 bits per heavy atom. The third kappa shape index (κ3) is 3.92. The summed E-state index contributed by atoms with van der Waals surface area (Å²) in [5, 5.41) is 18.4. The number of carbonyl (C=O) groups excluding carboxylic acids is 3. The summed E-state index contributed by atoms with van der Waals surface area (Å²) in [7, 11) is 1.57. The molecule has 3 amide bonds. The molecule has 3 aromatic carbocycles. The van der Waals surface area contributed by atoms with Crippen LogP contribution in [0.1, 0.15) is 31.7 Å². The zero-order chi connectivity index (χ0) is 28.1. The molecule has 0 aromatic heterocycles. The van der Waals surface area contributed by atoms with Crippen LogP contribution in [-0.4, -0.2) is 64.7 Å². The molecule has 3 aliphatic rings. The Hall–Kier alpha value is -3.75. The second-order valence-corrected chi connectivity index (χ2v) is 11.3. The Kier molecular flexibility index (Phi) is 6.63.